The molecule has 88 valence electrons. The molecular formula is C12H16O4. The monoisotopic (exact) mass is 224 g/mol. The van der Waals surface area contributed by atoms with Crippen LogP contribution in [0.3, 0.4) is 0 Å². The number of hydrogen-bond acceptors (Lipinski definition) is 4. The van der Waals surface area contributed by atoms with Crippen LogP contribution in [0.1, 0.15) is 25.7 Å². The molecule has 0 aromatic rings. The molecule has 0 bridgehead atoms. The van der Waals surface area contributed by atoms with Crippen LogP contribution in [0.15, 0.2) is 12.2 Å². The van der Waals surface area contributed by atoms with Crippen LogP contribution in [-0.4, -0.2) is 26.2 Å². The maximum absolute atomic E-state index is 11.5. The van der Waals surface area contributed by atoms with E-state index in [1.54, 1.807) is 0 Å². The van der Waals surface area contributed by atoms with Gasteiger partial charge in [-0.1, -0.05) is 12.2 Å². The van der Waals surface area contributed by atoms with Gasteiger partial charge >= 0.3 is 11.9 Å². The van der Waals surface area contributed by atoms with Crippen molar-refractivity contribution in [2.45, 2.75) is 25.7 Å². The Bertz CT molecular complexity index is 314. The first-order valence-electron chi connectivity index (χ1n) is 5.46. The lowest BCUT2D eigenvalue weighted by atomic mass is 10.0. The van der Waals surface area contributed by atoms with Crippen LogP contribution in [-0.2, 0) is 19.1 Å². The third kappa shape index (κ3) is 1.72. The summed E-state index contributed by atoms with van der Waals surface area (Å²) in [6, 6.07) is 0. The second kappa shape index (κ2) is 3.61. The van der Waals surface area contributed by atoms with E-state index in [1.807, 2.05) is 12.2 Å². The van der Waals surface area contributed by atoms with E-state index in [-0.39, 0.29) is 11.9 Å². The maximum Gasteiger partial charge on any atom is 0.315 e. The highest BCUT2D eigenvalue weighted by Gasteiger charge is 2.53. The average molecular weight is 224 g/mol. The Morgan fingerprint density at radius 1 is 0.875 bits per heavy atom. The van der Waals surface area contributed by atoms with Gasteiger partial charge in [0.2, 0.25) is 0 Å². The van der Waals surface area contributed by atoms with Crippen molar-refractivity contribution in [1.29, 1.82) is 0 Å². The van der Waals surface area contributed by atoms with E-state index in [1.165, 1.54) is 14.2 Å². The predicted molar refractivity (Wildman–Crippen MR) is 56.5 cm³/mol. The number of hydrogen-bond donors (Lipinski definition) is 0. The van der Waals surface area contributed by atoms with Crippen molar-refractivity contribution < 1.29 is 19.1 Å². The van der Waals surface area contributed by atoms with E-state index in [0.29, 0.717) is 0 Å². The Kier molecular flexibility index (Phi) is 2.52. The molecular weight excluding hydrogens is 208 g/mol. The minimum Gasteiger partial charge on any atom is -0.468 e. The van der Waals surface area contributed by atoms with E-state index < -0.39 is 10.8 Å². The Morgan fingerprint density at radius 2 is 1.19 bits per heavy atom. The molecule has 2 saturated carbocycles. The zero-order chi connectivity index (χ0) is 11.8. The molecule has 2 aliphatic rings. The summed E-state index contributed by atoms with van der Waals surface area (Å²) < 4.78 is 9.49. The number of carbonyl (C=O) groups excluding carboxylic acids is 2. The average Bonchev–Trinajstić information content (AvgIpc) is 3.18. The Hall–Kier alpha value is -1.32. The molecule has 4 nitrogen and oxygen atoms in total. The number of methoxy groups -OCH3 is 2. The van der Waals surface area contributed by atoms with Crippen LogP contribution in [0.4, 0.5) is 0 Å². The lowest BCUT2D eigenvalue weighted by Crippen LogP contribution is -2.18. The molecule has 0 atom stereocenters. The summed E-state index contributed by atoms with van der Waals surface area (Å²) in [5.41, 5.74) is -0.920. The number of carbonyl (C=O) groups is 2. The smallest absolute Gasteiger partial charge is 0.315 e. The molecule has 0 unspecified atom stereocenters. The van der Waals surface area contributed by atoms with Crippen molar-refractivity contribution in [2.24, 2.45) is 10.8 Å². The standard InChI is InChI=1S/C12H16O4/c1-15-9(13)11(3-4-11)7-8-12(5-6-12)10(14)16-2/h7-8H,3-6H2,1-2H3/b8-7+. The van der Waals surface area contributed by atoms with Gasteiger partial charge in [0.25, 0.3) is 0 Å². The van der Waals surface area contributed by atoms with Crippen molar-refractivity contribution in [3.05, 3.63) is 12.2 Å². The topological polar surface area (TPSA) is 52.6 Å². The predicted octanol–water partition coefficient (Wildman–Crippen LogP) is 1.45. The van der Waals surface area contributed by atoms with Crippen LogP contribution < -0.4 is 0 Å². The van der Waals surface area contributed by atoms with E-state index in [4.69, 9.17) is 9.47 Å². The Morgan fingerprint density at radius 3 is 1.38 bits per heavy atom. The molecule has 0 saturated heterocycles. The van der Waals surface area contributed by atoms with Crippen molar-refractivity contribution in [3.8, 4) is 0 Å². The highest BCUT2D eigenvalue weighted by Crippen LogP contribution is 2.53. The minimum absolute atomic E-state index is 0.204. The molecule has 16 heavy (non-hydrogen) atoms. The van der Waals surface area contributed by atoms with E-state index in [0.717, 1.165) is 25.7 Å². The van der Waals surface area contributed by atoms with Gasteiger partial charge in [-0.05, 0) is 25.7 Å². The lowest BCUT2D eigenvalue weighted by molar-refractivity contribution is -0.146. The second-order valence-corrected chi connectivity index (χ2v) is 4.63. The van der Waals surface area contributed by atoms with Crippen LogP contribution in [0, 0.1) is 10.8 Å². The SMILES string of the molecule is COC(=O)C1(/C=C/C2(C(=O)OC)CC2)CC1. The number of rotatable bonds is 4. The van der Waals surface area contributed by atoms with Crippen molar-refractivity contribution >= 4 is 11.9 Å². The normalized spacial score (nSPS) is 23.9. The maximum atomic E-state index is 11.5. The van der Waals surface area contributed by atoms with E-state index >= 15 is 0 Å². The summed E-state index contributed by atoms with van der Waals surface area (Å²) in [5.74, 6) is -0.408. The van der Waals surface area contributed by atoms with Gasteiger partial charge in [-0.3, -0.25) is 9.59 Å². The second-order valence-electron chi connectivity index (χ2n) is 4.63. The van der Waals surface area contributed by atoms with Gasteiger partial charge in [-0.2, -0.15) is 0 Å². The van der Waals surface area contributed by atoms with Gasteiger partial charge in [0, 0.05) is 0 Å². The van der Waals surface area contributed by atoms with Gasteiger partial charge < -0.3 is 9.47 Å². The van der Waals surface area contributed by atoms with Crippen LogP contribution >= 0.6 is 0 Å². The summed E-state index contributed by atoms with van der Waals surface area (Å²) in [6.45, 7) is 0. The molecule has 0 aliphatic heterocycles. The zero-order valence-corrected chi connectivity index (χ0v) is 9.62. The molecule has 2 fully saturated rings. The fraction of sp³-hybridized carbons (Fsp3) is 0.667. The lowest BCUT2D eigenvalue weighted by Gasteiger charge is -2.10. The summed E-state index contributed by atoms with van der Waals surface area (Å²) in [7, 11) is 2.78. The van der Waals surface area contributed by atoms with Gasteiger partial charge in [-0.25, -0.2) is 0 Å². The fourth-order valence-electron chi connectivity index (χ4n) is 1.87. The molecule has 0 radical (unpaired) electrons. The highest BCUT2D eigenvalue weighted by atomic mass is 16.5. The zero-order valence-electron chi connectivity index (χ0n) is 9.62. The van der Waals surface area contributed by atoms with Gasteiger partial charge in [0.05, 0.1) is 25.0 Å². The molecule has 0 amide bonds. The largest absolute Gasteiger partial charge is 0.468 e. The first-order chi connectivity index (χ1) is 7.58. The molecule has 0 aromatic carbocycles. The van der Waals surface area contributed by atoms with Crippen molar-refractivity contribution in [3.63, 3.8) is 0 Å². The molecule has 0 spiro atoms. The fourth-order valence-corrected chi connectivity index (χ4v) is 1.87. The summed E-state index contributed by atoms with van der Waals surface area (Å²) >= 11 is 0. The van der Waals surface area contributed by atoms with Crippen LogP contribution in [0.2, 0.25) is 0 Å². The van der Waals surface area contributed by atoms with Gasteiger partial charge in [0.1, 0.15) is 0 Å². The van der Waals surface area contributed by atoms with E-state index in [9.17, 15) is 9.59 Å². The molecule has 4 heteroatoms. The Balaban J connectivity index is 2.05. The van der Waals surface area contributed by atoms with Crippen molar-refractivity contribution in [1.82, 2.24) is 0 Å². The number of esters is 2. The van der Waals surface area contributed by atoms with Crippen LogP contribution in [0.25, 0.3) is 0 Å². The van der Waals surface area contributed by atoms with Gasteiger partial charge in [0.15, 0.2) is 0 Å². The van der Waals surface area contributed by atoms with Gasteiger partial charge in [-0.15, -0.1) is 0 Å². The summed E-state index contributed by atoms with van der Waals surface area (Å²) in [5, 5.41) is 0. The molecule has 2 aliphatic carbocycles. The first-order valence-corrected chi connectivity index (χ1v) is 5.46. The third-order valence-corrected chi connectivity index (χ3v) is 3.48. The van der Waals surface area contributed by atoms with Crippen LogP contribution in [0.5, 0.6) is 0 Å². The minimum atomic E-state index is -0.460. The summed E-state index contributed by atoms with van der Waals surface area (Å²) in [4.78, 5) is 23.0. The quantitative estimate of drug-likeness (QED) is 0.535. The number of ether oxygens (including phenoxy) is 2. The summed E-state index contributed by atoms with van der Waals surface area (Å²) in [6.07, 6.45) is 6.92. The molecule has 0 heterocycles. The molecule has 0 N–H and O–H groups in total. The van der Waals surface area contributed by atoms with Crippen molar-refractivity contribution in [2.75, 3.05) is 14.2 Å². The highest BCUT2D eigenvalue weighted by molar-refractivity contribution is 5.84. The molecule has 0 aromatic heterocycles. The first kappa shape index (κ1) is 11.2. The van der Waals surface area contributed by atoms with E-state index in [2.05, 4.69) is 0 Å². The third-order valence-electron chi connectivity index (χ3n) is 3.48. The molecule has 2 rings (SSSR count). The Labute approximate surface area is 94.6 Å².